The van der Waals surface area contributed by atoms with E-state index in [-0.39, 0.29) is 0 Å². The maximum atomic E-state index is 10.1. The van der Waals surface area contributed by atoms with Crippen LogP contribution in [0.1, 0.15) is 33.1 Å². The Kier molecular flexibility index (Phi) is 8.64. The van der Waals surface area contributed by atoms with Gasteiger partial charge in [-0.15, -0.1) is 0 Å². The highest BCUT2D eigenvalue weighted by Gasteiger charge is 1.98. The van der Waals surface area contributed by atoms with Crippen LogP contribution < -0.4 is 5.32 Å². The molecule has 0 aliphatic rings. The minimum Gasteiger partial charge on any atom is -0.314 e. The minimum absolute atomic E-state index is 0.328. The fourth-order valence-corrected chi connectivity index (χ4v) is 1.35. The number of hydrogen-bond donors (Lipinski definition) is 2. The summed E-state index contributed by atoms with van der Waals surface area (Å²) in [4.78, 5) is 0. The van der Waals surface area contributed by atoms with Crippen molar-refractivity contribution in [1.29, 1.82) is 0 Å². The molecule has 0 aliphatic heterocycles. The van der Waals surface area contributed by atoms with Crippen molar-refractivity contribution in [2.45, 2.75) is 39.2 Å². The summed E-state index contributed by atoms with van der Waals surface area (Å²) in [5.74, 6) is 0. The first-order chi connectivity index (χ1) is 6.16. The monoisotopic (exact) mass is 209 g/mol. The van der Waals surface area contributed by atoms with Gasteiger partial charge in [-0.3, -0.25) is 8.74 Å². The zero-order valence-corrected chi connectivity index (χ0v) is 9.10. The molecule has 2 atom stereocenters. The summed E-state index contributed by atoms with van der Waals surface area (Å²) in [7, 11) is 0. The molecule has 5 heteroatoms. The summed E-state index contributed by atoms with van der Waals surface area (Å²) in [6, 6.07) is 0.518. The molecular formula is C8H19NO3S. The molecule has 0 aromatic rings. The van der Waals surface area contributed by atoms with Gasteiger partial charge in [-0.2, -0.15) is 4.21 Å². The van der Waals surface area contributed by atoms with Crippen LogP contribution in [0.2, 0.25) is 0 Å². The van der Waals surface area contributed by atoms with Gasteiger partial charge in [-0.1, -0.05) is 13.3 Å². The molecule has 13 heavy (non-hydrogen) atoms. The predicted octanol–water partition coefficient (Wildman–Crippen LogP) is 1.31. The molecule has 0 aromatic carbocycles. The van der Waals surface area contributed by atoms with Crippen molar-refractivity contribution in [1.82, 2.24) is 5.32 Å². The summed E-state index contributed by atoms with van der Waals surface area (Å²) in [5.41, 5.74) is 0. The fraction of sp³-hybridized carbons (Fsp3) is 1.00. The lowest BCUT2D eigenvalue weighted by Gasteiger charge is -2.11. The maximum absolute atomic E-state index is 10.1. The SMILES string of the molecule is CCCC(C)NCCCOS(=O)O. The van der Waals surface area contributed by atoms with Gasteiger partial charge in [0.05, 0.1) is 6.61 Å². The van der Waals surface area contributed by atoms with Gasteiger partial charge in [-0.05, 0) is 26.3 Å². The zero-order valence-electron chi connectivity index (χ0n) is 8.28. The van der Waals surface area contributed by atoms with Gasteiger partial charge in [-0.25, -0.2) is 0 Å². The second-order valence-electron chi connectivity index (χ2n) is 3.04. The lowest BCUT2D eigenvalue weighted by molar-refractivity contribution is 0.297. The minimum atomic E-state index is -2.11. The third-order valence-corrected chi connectivity index (χ3v) is 2.09. The molecular weight excluding hydrogens is 190 g/mol. The third-order valence-electron chi connectivity index (χ3n) is 1.72. The molecule has 0 fully saturated rings. The Morgan fingerprint density at radius 2 is 2.31 bits per heavy atom. The first-order valence-corrected chi connectivity index (χ1v) is 5.67. The van der Waals surface area contributed by atoms with Crippen molar-refractivity contribution in [3.05, 3.63) is 0 Å². The van der Waals surface area contributed by atoms with Crippen molar-refractivity contribution in [3.8, 4) is 0 Å². The van der Waals surface area contributed by atoms with E-state index in [1.54, 1.807) is 0 Å². The zero-order chi connectivity index (χ0) is 10.1. The van der Waals surface area contributed by atoms with Crippen LogP contribution in [0.5, 0.6) is 0 Å². The highest BCUT2D eigenvalue weighted by Crippen LogP contribution is 1.94. The van der Waals surface area contributed by atoms with E-state index in [1.165, 1.54) is 6.42 Å². The van der Waals surface area contributed by atoms with Gasteiger partial charge >= 0.3 is 11.4 Å². The van der Waals surface area contributed by atoms with Gasteiger partial charge in [0.2, 0.25) is 0 Å². The van der Waals surface area contributed by atoms with Crippen molar-refractivity contribution < 1.29 is 12.9 Å². The largest absolute Gasteiger partial charge is 0.314 e. The van der Waals surface area contributed by atoms with Crippen LogP contribution >= 0.6 is 0 Å². The Bertz CT molecular complexity index is 143. The van der Waals surface area contributed by atoms with Crippen LogP contribution in [0, 0.1) is 0 Å². The summed E-state index contributed by atoms with van der Waals surface area (Å²) < 4.78 is 22.8. The Balaban J connectivity index is 3.11. The first-order valence-electron chi connectivity index (χ1n) is 4.64. The lowest BCUT2D eigenvalue weighted by atomic mass is 10.2. The molecule has 80 valence electrons. The first kappa shape index (κ1) is 13.0. The van der Waals surface area contributed by atoms with Crippen molar-refractivity contribution >= 4 is 11.4 Å². The summed E-state index contributed by atoms with van der Waals surface area (Å²) in [6.45, 7) is 5.44. The average Bonchev–Trinajstić information content (AvgIpc) is 2.03. The molecule has 0 saturated carbocycles. The van der Waals surface area contributed by atoms with Gasteiger partial charge in [0.15, 0.2) is 0 Å². The average molecular weight is 209 g/mol. The number of rotatable bonds is 8. The van der Waals surface area contributed by atoms with Crippen LogP contribution in [0.15, 0.2) is 0 Å². The molecule has 2 unspecified atom stereocenters. The van der Waals surface area contributed by atoms with E-state index in [2.05, 4.69) is 23.3 Å². The molecule has 0 saturated heterocycles. The standard InChI is InChI=1S/C8H19NO3S/c1-3-5-8(2)9-6-4-7-12-13(10)11/h8-9H,3-7H2,1-2H3,(H,10,11). The Labute approximate surface area is 82.5 Å². The smallest absolute Gasteiger partial charge is 0.301 e. The molecule has 0 heterocycles. The highest BCUT2D eigenvalue weighted by molar-refractivity contribution is 7.74. The molecule has 0 radical (unpaired) electrons. The number of nitrogens with one attached hydrogen (secondary N) is 1. The van der Waals surface area contributed by atoms with Crippen molar-refractivity contribution in [3.63, 3.8) is 0 Å². The van der Waals surface area contributed by atoms with E-state index in [4.69, 9.17) is 4.55 Å². The summed E-state index contributed by atoms with van der Waals surface area (Å²) in [6.07, 6.45) is 3.10. The third kappa shape index (κ3) is 9.95. The topological polar surface area (TPSA) is 58.6 Å². The van der Waals surface area contributed by atoms with Crippen LogP contribution in [-0.2, 0) is 15.5 Å². The molecule has 2 N–H and O–H groups in total. The lowest BCUT2D eigenvalue weighted by Crippen LogP contribution is -2.27. The van der Waals surface area contributed by atoms with E-state index in [0.717, 1.165) is 19.4 Å². The maximum Gasteiger partial charge on any atom is 0.301 e. The molecule has 0 rings (SSSR count). The van der Waals surface area contributed by atoms with Crippen LogP contribution in [0.25, 0.3) is 0 Å². The molecule has 0 aliphatic carbocycles. The van der Waals surface area contributed by atoms with Crippen molar-refractivity contribution in [2.24, 2.45) is 0 Å². The van der Waals surface area contributed by atoms with E-state index in [0.29, 0.717) is 12.6 Å². The van der Waals surface area contributed by atoms with Gasteiger partial charge in [0, 0.05) is 6.04 Å². The van der Waals surface area contributed by atoms with E-state index in [9.17, 15) is 4.21 Å². The van der Waals surface area contributed by atoms with Crippen molar-refractivity contribution in [2.75, 3.05) is 13.2 Å². The molecule has 0 bridgehead atoms. The van der Waals surface area contributed by atoms with Gasteiger partial charge < -0.3 is 5.32 Å². The summed E-state index contributed by atoms with van der Waals surface area (Å²) >= 11 is -2.11. The quantitative estimate of drug-likeness (QED) is 0.467. The normalized spacial score (nSPS) is 15.6. The highest BCUT2D eigenvalue weighted by atomic mass is 32.2. The predicted molar refractivity (Wildman–Crippen MR) is 53.7 cm³/mol. The van der Waals surface area contributed by atoms with E-state index >= 15 is 0 Å². The van der Waals surface area contributed by atoms with E-state index < -0.39 is 11.4 Å². The van der Waals surface area contributed by atoms with E-state index in [1.807, 2.05) is 0 Å². The van der Waals surface area contributed by atoms with Crippen LogP contribution in [0.4, 0.5) is 0 Å². The van der Waals surface area contributed by atoms with Gasteiger partial charge in [0.1, 0.15) is 0 Å². The fourth-order valence-electron chi connectivity index (χ4n) is 1.09. The molecule has 4 nitrogen and oxygen atoms in total. The Hall–Kier alpha value is 0.0300. The molecule has 0 amide bonds. The van der Waals surface area contributed by atoms with Gasteiger partial charge in [0.25, 0.3) is 0 Å². The molecule has 0 aromatic heterocycles. The van der Waals surface area contributed by atoms with Crippen LogP contribution in [-0.4, -0.2) is 28.0 Å². The van der Waals surface area contributed by atoms with Crippen LogP contribution in [0.3, 0.4) is 0 Å². The second kappa shape index (κ2) is 8.62. The molecule has 0 spiro atoms. The second-order valence-corrected chi connectivity index (χ2v) is 3.71. The summed E-state index contributed by atoms with van der Waals surface area (Å²) in [5, 5.41) is 3.30. The number of hydrogen-bond acceptors (Lipinski definition) is 3. The Morgan fingerprint density at radius 3 is 2.85 bits per heavy atom. The Morgan fingerprint density at radius 1 is 1.62 bits per heavy atom.